The topological polar surface area (TPSA) is 78.4 Å². The van der Waals surface area contributed by atoms with Gasteiger partial charge in [-0.1, -0.05) is 5.92 Å². The number of rotatable bonds is 6. The van der Waals surface area contributed by atoms with Crippen molar-refractivity contribution in [2.45, 2.75) is 18.9 Å². The summed E-state index contributed by atoms with van der Waals surface area (Å²) in [7, 11) is 0. The first-order valence-corrected chi connectivity index (χ1v) is 4.81. The van der Waals surface area contributed by atoms with E-state index >= 15 is 0 Å². The van der Waals surface area contributed by atoms with Crippen LogP contribution in [0.3, 0.4) is 0 Å². The molecule has 5 nitrogen and oxygen atoms in total. The normalized spacial score (nSPS) is 16.5. The maximum absolute atomic E-state index is 11.1. The van der Waals surface area contributed by atoms with Crippen molar-refractivity contribution in [3.05, 3.63) is 0 Å². The Hall–Kier alpha value is -1.54. The Bertz CT molecular complexity index is 292. The summed E-state index contributed by atoms with van der Waals surface area (Å²) in [6.07, 6.45) is 6.79. The fourth-order valence-corrected chi connectivity index (χ4v) is 1.30. The third-order valence-electron chi connectivity index (χ3n) is 2.23. The van der Waals surface area contributed by atoms with Crippen molar-refractivity contribution in [3.63, 3.8) is 0 Å². The summed E-state index contributed by atoms with van der Waals surface area (Å²) >= 11 is 0. The molecule has 0 spiro atoms. The van der Waals surface area contributed by atoms with E-state index in [-0.39, 0.29) is 24.9 Å². The van der Waals surface area contributed by atoms with E-state index in [0.717, 1.165) is 12.8 Å². The van der Waals surface area contributed by atoms with Crippen molar-refractivity contribution in [1.82, 2.24) is 10.6 Å². The van der Waals surface area contributed by atoms with Gasteiger partial charge in [0.25, 0.3) is 0 Å². The SMILES string of the molecule is C#CCNC(=O)CNC(C(=O)O)C1CC1. The van der Waals surface area contributed by atoms with Crippen LogP contribution in [0.2, 0.25) is 0 Å². The lowest BCUT2D eigenvalue weighted by molar-refractivity contribution is -0.140. The summed E-state index contributed by atoms with van der Waals surface area (Å²) in [4.78, 5) is 21.9. The van der Waals surface area contributed by atoms with Crippen LogP contribution in [0, 0.1) is 18.3 Å². The Morgan fingerprint density at radius 1 is 1.53 bits per heavy atom. The standard InChI is InChI=1S/C10H14N2O3/c1-2-5-11-8(13)6-12-9(10(14)15)7-3-4-7/h1,7,9,12H,3-6H2,(H,11,13)(H,14,15). The van der Waals surface area contributed by atoms with Crippen LogP contribution in [0.25, 0.3) is 0 Å². The summed E-state index contributed by atoms with van der Waals surface area (Å²) in [5, 5.41) is 14.0. The summed E-state index contributed by atoms with van der Waals surface area (Å²) < 4.78 is 0. The molecular formula is C10H14N2O3. The Morgan fingerprint density at radius 3 is 2.67 bits per heavy atom. The maximum Gasteiger partial charge on any atom is 0.320 e. The number of aliphatic carboxylic acids is 1. The van der Waals surface area contributed by atoms with Crippen LogP contribution >= 0.6 is 0 Å². The minimum absolute atomic E-state index is 0.00481. The number of carbonyl (C=O) groups is 2. The molecule has 1 rings (SSSR count). The molecule has 0 aromatic carbocycles. The first-order chi connectivity index (χ1) is 7.15. The first kappa shape index (κ1) is 11.5. The Balaban J connectivity index is 2.24. The average Bonchev–Trinajstić information content (AvgIpc) is 2.98. The van der Waals surface area contributed by atoms with Gasteiger partial charge in [-0.05, 0) is 18.8 Å². The molecule has 0 heterocycles. The van der Waals surface area contributed by atoms with Crippen LogP contribution in [-0.4, -0.2) is 36.1 Å². The fourth-order valence-electron chi connectivity index (χ4n) is 1.30. The van der Waals surface area contributed by atoms with Crippen LogP contribution in [-0.2, 0) is 9.59 Å². The average molecular weight is 210 g/mol. The largest absolute Gasteiger partial charge is 0.480 e. The molecule has 15 heavy (non-hydrogen) atoms. The molecule has 5 heteroatoms. The van der Waals surface area contributed by atoms with E-state index in [1.807, 2.05) is 0 Å². The zero-order valence-corrected chi connectivity index (χ0v) is 8.32. The van der Waals surface area contributed by atoms with Gasteiger partial charge in [-0.3, -0.25) is 14.9 Å². The molecule has 0 saturated heterocycles. The number of carboxylic acid groups (broad SMARTS) is 1. The summed E-state index contributed by atoms with van der Waals surface area (Å²) in [5.74, 6) is 1.26. The van der Waals surface area contributed by atoms with E-state index in [1.54, 1.807) is 0 Å². The molecule has 1 aliphatic rings. The molecule has 1 saturated carbocycles. The highest BCUT2D eigenvalue weighted by Crippen LogP contribution is 2.32. The van der Waals surface area contributed by atoms with Gasteiger partial charge in [0.05, 0.1) is 13.1 Å². The van der Waals surface area contributed by atoms with Crippen molar-refractivity contribution < 1.29 is 14.7 Å². The van der Waals surface area contributed by atoms with Crippen LogP contribution in [0.5, 0.6) is 0 Å². The van der Waals surface area contributed by atoms with Gasteiger partial charge in [-0.2, -0.15) is 0 Å². The van der Waals surface area contributed by atoms with Crippen LogP contribution in [0.1, 0.15) is 12.8 Å². The highest BCUT2D eigenvalue weighted by molar-refractivity contribution is 5.80. The molecule has 1 amide bonds. The zero-order valence-electron chi connectivity index (χ0n) is 8.32. The van der Waals surface area contributed by atoms with Gasteiger partial charge in [0, 0.05) is 0 Å². The first-order valence-electron chi connectivity index (χ1n) is 4.81. The second-order valence-corrected chi connectivity index (χ2v) is 3.52. The highest BCUT2D eigenvalue weighted by Gasteiger charge is 2.35. The second-order valence-electron chi connectivity index (χ2n) is 3.52. The number of carbonyl (C=O) groups excluding carboxylic acids is 1. The molecule has 0 bridgehead atoms. The summed E-state index contributed by atoms with van der Waals surface area (Å²) in [6.45, 7) is 0.164. The van der Waals surface area contributed by atoms with Crippen molar-refractivity contribution in [2.75, 3.05) is 13.1 Å². The van der Waals surface area contributed by atoms with E-state index in [9.17, 15) is 9.59 Å². The number of nitrogens with one attached hydrogen (secondary N) is 2. The quantitative estimate of drug-likeness (QED) is 0.501. The van der Waals surface area contributed by atoms with E-state index in [1.165, 1.54) is 0 Å². The number of amides is 1. The molecule has 82 valence electrons. The van der Waals surface area contributed by atoms with Crippen molar-refractivity contribution in [3.8, 4) is 12.3 Å². The van der Waals surface area contributed by atoms with E-state index in [0.29, 0.717) is 0 Å². The summed E-state index contributed by atoms with van der Waals surface area (Å²) in [5.41, 5.74) is 0. The van der Waals surface area contributed by atoms with Crippen LogP contribution < -0.4 is 10.6 Å². The molecule has 1 aliphatic carbocycles. The number of terminal acetylenes is 1. The van der Waals surface area contributed by atoms with Gasteiger partial charge in [0.15, 0.2) is 0 Å². The zero-order chi connectivity index (χ0) is 11.3. The van der Waals surface area contributed by atoms with Crippen molar-refractivity contribution in [1.29, 1.82) is 0 Å². The van der Waals surface area contributed by atoms with Crippen LogP contribution in [0.4, 0.5) is 0 Å². The fraction of sp³-hybridized carbons (Fsp3) is 0.600. The smallest absolute Gasteiger partial charge is 0.320 e. The monoisotopic (exact) mass is 210 g/mol. The molecular weight excluding hydrogens is 196 g/mol. The molecule has 1 unspecified atom stereocenters. The van der Waals surface area contributed by atoms with Gasteiger partial charge < -0.3 is 10.4 Å². The lowest BCUT2D eigenvalue weighted by Gasteiger charge is -2.12. The lowest BCUT2D eigenvalue weighted by Crippen LogP contribution is -2.44. The van der Waals surface area contributed by atoms with Crippen molar-refractivity contribution >= 4 is 11.9 Å². The molecule has 0 aliphatic heterocycles. The molecule has 0 aromatic heterocycles. The second kappa shape index (κ2) is 5.37. The number of hydrogen-bond acceptors (Lipinski definition) is 3. The lowest BCUT2D eigenvalue weighted by atomic mass is 10.2. The van der Waals surface area contributed by atoms with Gasteiger partial charge in [0.2, 0.25) is 5.91 Å². The van der Waals surface area contributed by atoms with E-state index < -0.39 is 12.0 Å². The Morgan fingerprint density at radius 2 is 2.20 bits per heavy atom. The van der Waals surface area contributed by atoms with E-state index in [2.05, 4.69) is 16.6 Å². The van der Waals surface area contributed by atoms with Gasteiger partial charge in [-0.15, -0.1) is 6.42 Å². The minimum atomic E-state index is -0.901. The Labute approximate surface area is 88.2 Å². The number of hydrogen-bond donors (Lipinski definition) is 3. The predicted molar refractivity (Wildman–Crippen MR) is 54.0 cm³/mol. The maximum atomic E-state index is 11.1. The molecule has 3 N–H and O–H groups in total. The number of carboxylic acids is 1. The highest BCUT2D eigenvalue weighted by atomic mass is 16.4. The van der Waals surface area contributed by atoms with E-state index in [4.69, 9.17) is 11.5 Å². The minimum Gasteiger partial charge on any atom is -0.480 e. The third kappa shape index (κ3) is 4.00. The molecule has 1 fully saturated rings. The molecule has 1 atom stereocenters. The Kier molecular flexibility index (Phi) is 4.13. The van der Waals surface area contributed by atoms with Gasteiger partial charge in [-0.25, -0.2) is 0 Å². The van der Waals surface area contributed by atoms with Crippen LogP contribution in [0.15, 0.2) is 0 Å². The van der Waals surface area contributed by atoms with Crippen molar-refractivity contribution in [2.24, 2.45) is 5.92 Å². The predicted octanol–water partition coefficient (Wildman–Crippen LogP) is -0.811. The van der Waals surface area contributed by atoms with Gasteiger partial charge in [0.1, 0.15) is 6.04 Å². The molecule has 0 aromatic rings. The third-order valence-corrected chi connectivity index (χ3v) is 2.23. The van der Waals surface area contributed by atoms with Gasteiger partial charge >= 0.3 is 5.97 Å². The molecule has 0 radical (unpaired) electrons. The summed E-state index contributed by atoms with van der Waals surface area (Å²) in [6, 6.07) is -0.610.